The maximum absolute atomic E-state index is 13.3. The minimum absolute atomic E-state index is 0.0960. The smallest absolute Gasteiger partial charge is 0.334 e. The highest BCUT2D eigenvalue weighted by Crippen LogP contribution is 2.47. The van der Waals surface area contributed by atoms with Gasteiger partial charge >= 0.3 is 59.7 Å². The molecule has 4 fully saturated rings. The van der Waals surface area contributed by atoms with E-state index in [4.69, 9.17) is 56.8 Å². The van der Waals surface area contributed by atoms with Gasteiger partial charge in [0.05, 0.1) is 47.4 Å². The SMILES string of the molecule is C=C1C(=O)OC2CC3=C[C@@H](C/C(C)=C/[C@@H](OC(=O)[C@@H](C)c4ccc5cc(C)ccc5c4)[C@H]12)OC3=O.C=C1C(=O)OC2CC3=C[C@@H](C/C(C)=C/[C@@H](OC(=O)[C@H](C)c4ccc5cc(C)ccc5c4)[C@H]12)OC3=O.C=C1OC2CC3=C[C@@H](C/C(C)=C/[C@@H](OC(=O)CCc4cccc5ccccc45)[C@@H]2C1=C)OC3=O.C=C1OC2CC3=C[C@@H](C/C(C)=C/[C@@H](OC(=O)Cc4cccc5cccnc45)[C@@H]2C1=C)OC3=O. The highest BCUT2D eigenvalue weighted by atomic mass is 16.6. The molecule has 702 valence electrons. The Labute approximate surface area is 794 Å². The van der Waals surface area contributed by atoms with Crippen molar-refractivity contribution in [3.63, 3.8) is 0 Å². The van der Waals surface area contributed by atoms with Gasteiger partial charge in [0, 0.05) is 103 Å². The third kappa shape index (κ3) is 20.8. The second-order valence-electron chi connectivity index (χ2n) is 37.7. The van der Waals surface area contributed by atoms with Gasteiger partial charge in [0.2, 0.25) is 0 Å². The molecule has 1 aromatic heterocycles. The van der Waals surface area contributed by atoms with Crippen LogP contribution in [0, 0.1) is 37.5 Å². The summed E-state index contributed by atoms with van der Waals surface area (Å²) in [5, 5.41) is 7.61. The summed E-state index contributed by atoms with van der Waals surface area (Å²) in [6.07, 6.45) is 14.6. The molecule has 0 N–H and O–H groups in total. The van der Waals surface area contributed by atoms with Crippen LogP contribution in [0.15, 0.2) is 318 Å². The number of carbonyl (C=O) groups is 10. The maximum Gasteiger partial charge on any atom is 0.334 e. The highest BCUT2D eigenvalue weighted by molar-refractivity contribution is 5.97. The number of aromatic nitrogens is 1. The molecule has 137 heavy (non-hydrogen) atoms. The molecule has 0 amide bonds. The summed E-state index contributed by atoms with van der Waals surface area (Å²) in [5.41, 5.74) is 14.5. The number of rotatable bonds is 13. The van der Waals surface area contributed by atoms with E-state index in [-0.39, 0.29) is 97.0 Å². The van der Waals surface area contributed by atoms with Crippen LogP contribution in [-0.4, -0.2) is 138 Å². The molecule has 23 nitrogen and oxygen atoms in total. The minimum Gasteiger partial charge on any atom is -0.490 e. The van der Waals surface area contributed by atoms with E-state index in [1.807, 2.05) is 201 Å². The second kappa shape index (κ2) is 39.7. The largest absolute Gasteiger partial charge is 0.490 e. The summed E-state index contributed by atoms with van der Waals surface area (Å²) in [7, 11) is 0. The number of allylic oxidation sites excluding steroid dienone is 2. The molecule has 20 rings (SSSR count). The molecule has 7 aromatic carbocycles. The van der Waals surface area contributed by atoms with Gasteiger partial charge in [0.25, 0.3) is 0 Å². The lowest BCUT2D eigenvalue weighted by atomic mass is 9.85. The first-order valence-electron chi connectivity index (χ1n) is 46.5. The second-order valence-corrected chi connectivity index (χ2v) is 37.7. The number of para-hydroxylation sites is 1. The van der Waals surface area contributed by atoms with Crippen LogP contribution in [0.1, 0.15) is 145 Å². The molecule has 0 spiro atoms. The molecule has 4 unspecified atom stereocenters. The third-order valence-corrected chi connectivity index (χ3v) is 27.5. The van der Waals surface area contributed by atoms with E-state index in [2.05, 4.69) is 80.9 Å². The van der Waals surface area contributed by atoms with E-state index in [0.717, 1.165) is 87.8 Å². The summed E-state index contributed by atoms with van der Waals surface area (Å²) >= 11 is 0. The van der Waals surface area contributed by atoms with Gasteiger partial charge in [-0.05, 0) is 182 Å². The Hall–Kier alpha value is -14.6. The van der Waals surface area contributed by atoms with Gasteiger partial charge in [0.15, 0.2) is 0 Å². The zero-order chi connectivity index (χ0) is 96.6. The molecular formula is C114H109NO22. The predicted molar refractivity (Wildman–Crippen MR) is 514 cm³/mol. The number of hydrogen-bond acceptors (Lipinski definition) is 23. The lowest BCUT2D eigenvalue weighted by Gasteiger charge is -2.27. The van der Waals surface area contributed by atoms with Crippen molar-refractivity contribution in [1.29, 1.82) is 0 Å². The van der Waals surface area contributed by atoms with Crippen LogP contribution < -0.4 is 0 Å². The average molecular weight is 1850 g/mol. The fourth-order valence-corrected chi connectivity index (χ4v) is 20.3. The monoisotopic (exact) mass is 1840 g/mol. The molecule has 23 heteroatoms. The number of esters is 10. The van der Waals surface area contributed by atoms with Crippen LogP contribution in [0.3, 0.4) is 0 Å². The minimum atomic E-state index is -0.745. The van der Waals surface area contributed by atoms with Crippen molar-refractivity contribution in [3.8, 4) is 0 Å². The van der Waals surface area contributed by atoms with Crippen molar-refractivity contribution in [2.45, 2.75) is 211 Å². The van der Waals surface area contributed by atoms with Crippen molar-refractivity contribution in [2.24, 2.45) is 23.7 Å². The first kappa shape index (κ1) is 94.2. The average Bonchev–Trinajstić information content (AvgIpc) is 1.60. The highest BCUT2D eigenvalue weighted by Gasteiger charge is 2.51. The van der Waals surface area contributed by atoms with Crippen molar-refractivity contribution in [3.05, 3.63) is 352 Å². The van der Waals surface area contributed by atoms with Gasteiger partial charge in [-0.15, -0.1) is 0 Å². The van der Waals surface area contributed by atoms with Gasteiger partial charge in [-0.2, -0.15) is 0 Å². The third-order valence-electron chi connectivity index (χ3n) is 27.5. The van der Waals surface area contributed by atoms with Crippen molar-refractivity contribution < 1.29 is 105 Å². The number of fused-ring (bicyclic) bond motifs is 12. The van der Waals surface area contributed by atoms with Gasteiger partial charge in [-0.25, -0.2) is 28.8 Å². The normalized spacial score (nSPS) is 28.2. The van der Waals surface area contributed by atoms with E-state index < -0.39 is 108 Å². The van der Waals surface area contributed by atoms with Crippen LogP contribution in [0.25, 0.3) is 43.2 Å². The lowest BCUT2D eigenvalue weighted by molar-refractivity contribution is -0.152. The number of hydrogen-bond donors (Lipinski definition) is 0. The number of ether oxygens (including phenoxy) is 12. The zero-order valence-corrected chi connectivity index (χ0v) is 77.9. The molecule has 12 aliphatic rings. The summed E-state index contributed by atoms with van der Waals surface area (Å²) < 4.78 is 69.0. The van der Waals surface area contributed by atoms with Crippen LogP contribution in [0.4, 0.5) is 0 Å². The predicted octanol–water partition coefficient (Wildman–Crippen LogP) is 19.4. The Morgan fingerprint density at radius 2 is 0.708 bits per heavy atom. The number of pyridine rings is 1. The van der Waals surface area contributed by atoms with E-state index in [9.17, 15) is 47.9 Å². The summed E-state index contributed by atoms with van der Waals surface area (Å²) in [4.78, 5) is 131. The quantitative estimate of drug-likeness (QED) is 0.0448. The number of benzene rings is 7. The first-order chi connectivity index (χ1) is 65.6. The van der Waals surface area contributed by atoms with Gasteiger partial charge in [-0.3, -0.25) is 24.2 Å². The molecule has 4 saturated heterocycles. The molecule has 0 radical (unpaired) electrons. The van der Waals surface area contributed by atoms with Gasteiger partial charge in [-0.1, -0.05) is 212 Å². The van der Waals surface area contributed by atoms with Crippen molar-refractivity contribution in [2.75, 3.05) is 0 Å². The van der Waals surface area contributed by atoms with Gasteiger partial charge in [0.1, 0.15) is 84.8 Å². The zero-order valence-electron chi connectivity index (χ0n) is 77.9. The Kier molecular flexibility index (Phi) is 27.3. The number of aryl methyl sites for hydroxylation is 3. The Bertz CT molecular complexity index is 6500. The molecule has 8 aliphatic heterocycles. The molecule has 8 aromatic rings. The fourth-order valence-electron chi connectivity index (χ4n) is 20.3. The van der Waals surface area contributed by atoms with Crippen LogP contribution in [0.2, 0.25) is 0 Å². The summed E-state index contributed by atoms with van der Waals surface area (Å²) in [6, 6.07) is 48.2. The van der Waals surface area contributed by atoms with Gasteiger partial charge < -0.3 is 56.8 Å². The van der Waals surface area contributed by atoms with Crippen LogP contribution >= 0.6 is 0 Å². The van der Waals surface area contributed by atoms with Crippen LogP contribution in [0.5, 0.6) is 0 Å². The Morgan fingerprint density at radius 1 is 0.350 bits per heavy atom. The van der Waals surface area contributed by atoms with E-state index in [1.54, 1.807) is 18.3 Å². The Balaban J connectivity index is 0.000000127. The number of carbonyl (C=O) groups excluding carboxylic acids is 10. The Morgan fingerprint density at radius 3 is 1.15 bits per heavy atom. The summed E-state index contributed by atoms with van der Waals surface area (Å²) in [5.74, 6) is -5.86. The molecule has 4 aliphatic carbocycles. The van der Waals surface area contributed by atoms with E-state index in [1.165, 1.54) is 11.1 Å². The van der Waals surface area contributed by atoms with E-state index in [0.29, 0.717) is 89.9 Å². The summed E-state index contributed by atoms with van der Waals surface area (Å²) in [6.45, 7) is 39.5. The molecule has 9 heterocycles. The molecular weight excluding hydrogens is 1740 g/mol. The lowest BCUT2D eigenvalue weighted by Crippen LogP contribution is -2.34. The first-order valence-corrected chi connectivity index (χ1v) is 46.5. The number of nitrogens with zero attached hydrogens (tertiary/aromatic N) is 1. The topological polar surface area (TPSA) is 294 Å². The van der Waals surface area contributed by atoms with Crippen molar-refractivity contribution in [1.82, 2.24) is 4.98 Å². The maximum atomic E-state index is 13.3. The molecule has 0 saturated carbocycles. The molecule has 8 bridgehead atoms. The molecule has 18 atom stereocenters. The van der Waals surface area contributed by atoms with Crippen molar-refractivity contribution >= 4 is 103 Å². The van der Waals surface area contributed by atoms with E-state index >= 15 is 0 Å². The fraction of sp³-hybridized carbons (Fsp3) is 0.325. The standard InChI is InChI=1S/2C29H28O6.C29H28O5.C27H25NO5/c2*1-15-5-6-21-12-19(7-8-20(21)9-15)17(3)27(30)34-24-11-16(2)10-23-13-22(29(32)33-23)14-25-26(24)18(4)28(31)35-25;1-17-13-23-15-22(29(31)33-23)16-26-28(18(2)19(3)32-26)25(14-17)34-27(30)12-11-21-9-6-8-20-7-4-5-10-24(20)21;1-15-10-21-12-20(27(30)32-21)13-23-25(16(2)17(3)31-23)22(11-15)33-24(29)14-19-7-4-6-18-8-5-9-28-26(18)19/h2*5-9,11-13,17,23-26H,4,10,14H2,1-3H3;4-10,14-15,23,25-26,28H,2-3,11-13,16H2,1H3;4-9,11-12,21-23,25H,2-3,10,13-14H2,1H3/b2*16-11+;17-14+;15-11+/t17-,23+,24+,25?,26-;17-,23-,24-,25?,26+;23-,25-,26?,28+;21-,22-,23?,25+/m0111/s1. The van der Waals surface area contributed by atoms with Crippen LogP contribution in [-0.2, 0) is 118 Å².